The number of nitrogens with one attached hydrogen (secondary N) is 1. The van der Waals surface area contributed by atoms with Crippen LogP contribution >= 0.6 is 11.8 Å². The van der Waals surface area contributed by atoms with Crippen molar-refractivity contribution < 1.29 is 13.7 Å². The Labute approximate surface area is 206 Å². The van der Waals surface area contributed by atoms with Gasteiger partial charge in [0.2, 0.25) is 5.82 Å². The molecule has 2 heterocycles. The zero-order chi connectivity index (χ0) is 24.5. The van der Waals surface area contributed by atoms with Gasteiger partial charge in [0.15, 0.2) is 0 Å². The fourth-order valence-electron chi connectivity index (χ4n) is 4.14. The number of rotatable bonds is 5. The quantitative estimate of drug-likeness (QED) is 0.322. The summed E-state index contributed by atoms with van der Waals surface area (Å²) in [6.45, 7) is 3.89. The van der Waals surface area contributed by atoms with Crippen molar-refractivity contribution in [2.24, 2.45) is 0 Å². The molecule has 5 rings (SSSR count). The molecule has 8 heteroatoms. The summed E-state index contributed by atoms with van der Waals surface area (Å²) in [6, 6.07) is 20.9. The smallest absolute Gasteiger partial charge is 0.326 e. The standard InChI is InChI=1S/C27H23FN4O2S/c1-16-7-9-18(10-8-16)24-23(26-30-25(31-34-26)19-11-13-20(28)14-12-19)17(2)32(27(33)29-24)21-5-4-6-22(15-21)35-3/h4-15,24H,1-3H3,(H,29,33). The molecule has 1 atom stereocenters. The lowest BCUT2D eigenvalue weighted by atomic mass is 9.94. The van der Waals surface area contributed by atoms with Gasteiger partial charge in [0, 0.05) is 16.2 Å². The molecule has 35 heavy (non-hydrogen) atoms. The first-order valence-corrected chi connectivity index (χ1v) is 12.3. The predicted octanol–water partition coefficient (Wildman–Crippen LogP) is 6.61. The molecule has 0 saturated carbocycles. The SMILES string of the molecule is CSc1cccc(N2C(=O)NC(c3ccc(C)cc3)C(c3nc(-c4ccc(F)cc4)no3)=C2C)c1. The highest BCUT2D eigenvalue weighted by Gasteiger charge is 2.36. The van der Waals surface area contributed by atoms with Crippen LogP contribution in [0.5, 0.6) is 0 Å². The van der Waals surface area contributed by atoms with Crippen molar-refractivity contribution in [2.75, 3.05) is 11.2 Å². The van der Waals surface area contributed by atoms with Crippen molar-refractivity contribution in [3.8, 4) is 11.4 Å². The molecule has 1 aliphatic rings. The average molecular weight is 487 g/mol. The monoisotopic (exact) mass is 486 g/mol. The number of urea groups is 1. The fourth-order valence-corrected chi connectivity index (χ4v) is 4.59. The number of aryl methyl sites for hydroxylation is 1. The summed E-state index contributed by atoms with van der Waals surface area (Å²) in [5, 5.41) is 7.25. The Morgan fingerprint density at radius 3 is 2.49 bits per heavy atom. The third-order valence-electron chi connectivity index (χ3n) is 5.97. The van der Waals surface area contributed by atoms with Gasteiger partial charge < -0.3 is 9.84 Å². The third-order valence-corrected chi connectivity index (χ3v) is 6.69. The van der Waals surface area contributed by atoms with Crippen LogP contribution in [0.3, 0.4) is 0 Å². The van der Waals surface area contributed by atoms with Gasteiger partial charge in [-0.2, -0.15) is 4.98 Å². The van der Waals surface area contributed by atoms with E-state index >= 15 is 0 Å². The van der Waals surface area contributed by atoms with Gasteiger partial charge >= 0.3 is 6.03 Å². The van der Waals surface area contributed by atoms with E-state index in [4.69, 9.17) is 4.52 Å². The summed E-state index contributed by atoms with van der Waals surface area (Å²) in [4.78, 5) is 20.7. The number of nitrogens with zero attached hydrogens (tertiary/aromatic N) is 3. The van der Waals surface area contributed by atoms with Crippen molar-refractivity contribution in [1.29, 1.82) is 0 Å². The maximum atomic E-state index is 13.4. The van der Waals surface area contributed by atoms with Crippen molar-refractivity contribution >= 4 is 29.1 Å². The maximum absolute atomic E-state index is 13.4. The van der Waals surface area contributed by atoms with E-state index in [1.165, 1.54) is 12.1 Å². The number of benzene rings is 3. The molecule has 0 saturated heterocycles. The number of thioether (sulfide) groups is 1. The van der Waals surface area contributed by atoms with Gasteiger partial charge in [-0.05, 0) is 68.1 Å². The zero-order valence-corrected chi connectivity index (χ0v) is 20.3. The number of hydrogen-bond donors (Lipinski definition) is 1. The van der Waals surface area contributed by atoms with Gasteiger partial charge in [-0.15, -0.1) is 11.8 Å². The highest BCUT2D eigenvalue weighted by molar-refractivity contribution is 7.98. The van der Waals surface area contributed by atoms with Crippen LogP contribution in [0.2, 0.25) is 0 Å². The van der Waals surface area contributed by atoms with Crippen LogP contribution in [-0.2, 0) is 0 Å². The summed E-state index contributed by atoms with van der Waals surface area (Å²) >= 11 is 1.61. The number of aromatic nitrogens is 2. The third kappa shape index (κ3) is 4.44. The average Bonchev–Trinajstić information content (AvgIpc) is 3.34. The molecule has 176 valence electrons. The molecular formula is C27H23FN4O2S. The summed E-state index contributed by atoms with van der Waals surface area (Å²) in [5.74, 6) is 0.294. The second kappa shape index (κ2) is 9.38. The molecule has 1 aliphatic heterocycles. The number of anilines is 1. The Morgan fingerprint density at radius 1 is 1.03 bits per heavy atom. The highest BCUT2D eigenvalue weighted by Crippen LogP contribution is 2.39. The topological polar surface area (TPSA) is 71.3 Å². The molecule has 0 aliphatic carbocycles. The van der Waals surface area contributed by atoms with Crippen LogP contribution in [0.1, 0.15) is 30.0 Å². The summed E-state index contributed by atoms with van der Waals surface area (Å²) in [5.41, 5.74) is 4.78. The molecule has 0 radical (unpaired) electrons. The van der Waals surface area contributed by atoms with E-state index in [1.54, 1.807) is 28.8 Å². The Bertz CT molecular complexity index is 1410. The van der Waals surface area contributed by atoms with E-state index in [1.807, 2.05) is 68.6 Å². The Balaban J connectivity index is 1.65. The molecule has 1 aromatic heterocycles. The van der Waals surface area contributed by atoms with E-state index in [-0.39, 0.29) is 11.8 Å². The molecule has 3 aromatic carbocycles. The summed E-state index contributed by atoms with van der Waals surface area (Å²) in [7, 11) is 0. The van der Waals surface area contributed by atoms with E-state index in [2.05, 4.69) is 15.5 Å². The van der Waals surface area contributed by atoms with E-state index in [9.17, 15) is 9.18 Å². The van der Waals surface area contributed by atoms with Crippen LogP contribution in [0.25, 0.3) is 17.0 Å². The Kier molecular flexibility index (Phi) is 6.13. The fraction of sp³-hybridized carbons (Fsp3) is 0.148. The largest absolute Gasteiger partial charge is 0.334 e. The second-order valence-electron chi connectivity index (χ2n) is 8.26. The van der Waals surface area contributed by atoms with Crippen molar-refractivity contribution in [2.45, 2.75) is 24.8 Å². The molecular weight excluding hydrogens is 463 g/mol. The predicted molar refractivity (Wildman–Crippen MR) is 135 cm³/mol. The van der Waals surface area contributed by atoms with E-state index in [0.717, 1.165) is 21.7 Å². The molecule has 0 fully saturated rings. The number of allylic oxidation sites excluding steroid dienone is 1. The second-order valence-corrected chi connectivity index (χ2v) is 9.14. The Hall–Kier alpha value is -3.91. The van der Waals surface area contributed by atoms with Gasteiger partial charge in [-0.1, -0.05) is 41.1 Å². The number of halogens is 1. The van der Waals surface area contributed by atoms with E-state index in [0.29, 0.717) is 28.5 Å². The number of hydrogen-bond acceptors (Lipinski definition) is 5. The molecule has 1 unspecified atom stereocenters. The van der Waals surface area contributed by atoms with E-state index < -0.39 is 6.04 Å². The summed E-state index contributed by atoms with van der Waals surface area (Å²) < 4.78 is 19.1. The van der Waals surface area contributed by atoms with Crippen LogP contribution in [0, 0.1) is 12.7 Å². The van der Waals surface area contributed by atoms with Gasteiger partial charge in [0.25, 0.3) is 5.89 Å². The molecule has 1 N–H and O–H groups in total. The van der Waals surface area contributed by atoms with Crippen LogP contribution in [0.15, 0.2) is 87.9 Å². The van der Waals surface area contributed by atoms with Crippen LogP contribution in [-0.4, -0.2) is 22.4 Å². The van der Waals surface area contributed by atoms with Crippen molar-refractivity contribution in [1.82, 2.24) is 15.5 Å². The number of amides is 2. The van der Waals surface area contributed by atoms with Crippen molar-refractivity contribution in [3.05, 3.63) is 101 Å². The van der Waals surface area contributed by atoms with Gasteiger partial charge in [-0.25, -0.2) is 9.18 Å². The first-order chi connectivity index (χ1) is 16.9. The minimum Gasteiger partial charge on any atom is -0.334 e. The van der Waals surface area contributed by atoms with Crippen molar-refractivity contribution in [3.63, 3.8) is 0 Å². The van der Waals surface area contributed by atoms with Crippen LogP contribution < -0.4 is 10.2 Å². The lowest BCUT2D eigenvalue weighted by Gasteiger charge is -2.35. The molecule has 4 aromatic rings. The first kappa shape index (κ1) is 22.9. The van der Waals surface area contributed by atoms with Gasteiger partial charge in [0.1, 0.15) is 5.82 Å². The lowest BCUT2D eigenvalue weighted by molar-refractivity contribution is 0.244. The maximum Gasteiger partial charge on any atom is 0.326 e. The Morgan fingerprint density at radius 2 is 1.77 bits per heavy atom. The summed E-state index contributed by atoms with van der Waals surface area (Å²) in [6.07, 6.45) is 1.99. The molecule has 6 nitrogen and oxygen atoms in total. The minimum atomic E-state index is -0.482. The zero-order valence-electron chi connectivity index (χ0n) is 19.4. The highest BCUT2D eigenvalue weighted by atomic mass is 32.2. The van der Waals surface area contributed by atoms with Gasteiger partial charge in [-0.3, -0.25) is 4.90 Å². The minimum absolute atomic E-state index is 0.242. The first-order valence-electron chi connectivity index (χ1n) is 11.1. The normalized spacial score (nSPS) is 15.9. The molecule has 0 spiro atoms. The van der Waals surface area contributed by atoms with Crippen LogP contribution in [0.4, 0.5) is 14.9 Å². The molecule has 0 bridgehead atoms. The molecule has 2 amide bonds. The van der Waals surface area contributed by atoms with Gasteiger partial charge in [0.05, 0.1) is 17.3 Å². The lowest BCUT2D eigenvalue weighted by Crippen LogP contribution is -2.46. The number of carbonyl (C=O) groups is 1. The number of carbonyl (C=O) groups excluding carboxylic acids is 1.